The standard InChI is InChI=1S/C14H16O3/c1-9(15)13-11(8-12(16)14(13,2)17)10-6-4-3-5-7-10/h3-7,11,13,17H,8H2,1-2H3/t11-,13+,14-/m0/s1. The number of aliphatic hydroxyl groups is 1. The summed E-state index contributed by atoms with van der Waals surface area (Å²) < 4.78 is 0. The predicted molar refractivity (Wildman–Crippen MR) is 63.6 cm³/mol. The van der Waals surface area contributed by atoms with Gasteiger partial charge in [0.1, 0.15) is 11.4 Å². The third kappa shape index (κ3) is 1.91. The van der Waals surface area contributed by atoms with Gasteiger partial charge in [-0.25, -0.2) is 0 Å². The number of hydrogen-bond donors (Lipinski definition) is 1. The lowest BCUT2D eigenvalue weighted by atomic mass is 9.80. The van der Waals surface area contributed by atoms with Gasteiger partial charge in [-0.1, -0.05) is 30.3 Å². The van der Waals surface area contributed by atoms with E-state index in [1.165, 1.54) is 13.8 Å². The van der Waals surface area contributed by atoms with E-state index < -0.39 is 11.5 Å². The highest BCUT2D eigenvalue weighted by Gasteiger charge is 2.53. The van der Waals surface area contributed by atoms with Crippen molar-refractivity contribution in [2.75, 3.05) is 0 Å². The van der Waals surface area contributed by atoms with Crippen LogP contribution in [0, 0.1) is 5.92 Å². The van der Waals surface area contributed by atoms with Crippen molar-refractivity contribution in [3.63, 3.8) is 0 Å². The van der Waals surface area contributed by atoms with Crippen LogP contribution in [0.4, 0.5) is 0 Å². The zero-order valence-electron chi connectivity index (χ0n) is 10.0. The van der Waals surface area contributed by atoms with Crippen molar-refractivity contribution in [3.05, 3.63) is 35.9 Å². The van der Waals surface area contributed by atoms with Crippen molar-refractivity contribution < 1.29 is 14.7 Å². The van der Waals surface area contributed by atoms with E-state index in [2.05, 4.69) is 0 Å². The number of Topliss-reactive ketones (excluding diaryl/α,β-unsaturated/α-hetero) is 2. The van der Waals surface area contributed by atoms with E-state index >= 15 is 0 Å². The van der Waals surface area contributed by atoms with Crippen molar-refractivity contribution in [2.24, 2.45) is 5.92 Å². The molecule has 0 spiro atoms. The minimum absolute atomic E-state index is 0.130. The van der Waals surface area contributed by atoms with Gasteiger partial charge in [0.2, 0.25) is 0 Å². The Morgan fingerprint density at radius 3 is 2.47 bits per heavy atom. The van der Waals surface area contributed by atoms with Gasteiger partial charge in [0.05, 0.1) is 5.92 Å². The summed E-state index contributed by atoms with van der Waals surface area (Å²) in [5.74, 6) is -1.20. The molecule has 2 rings (SSSR count). The van der Waals surface area contributed by atoms with Crippen molar-refractivity contribution in [1.29, 1.82) is 0 Å². The molecule has 1 aliphatic rings. The Morgan fingerprint density at radius 2 is 1.94 bits per heavy atom. The minimum Gasteiger partial charge on any atom is -0.382 e. The lowest BCUT2D eigenvalue weighted by molar-refractivity contribution is -0.141. The Labute approximate surface area is 100 Å². The van der Waals surface area contributed by atoms with Gasteiger partial charge in [0.25, 0.3) is 0 Å². The molecule has 3 heteroatoms. The first-order valence-electron chi connectivity index (χ1n) is 5.75. The molecule has 1 N–H and O–H groups in total. The fourth-order valence-electron chi connectivity index (χ4n) is 2.78. The second kappa shape index (κ2) is 4.08. The third-order valence-electron chi connectivity index (χ3n) is 3.64. The molecule has 17 heavy (non-hydrogen) atoms. The van der Waals surface area contributed by atoms with E-state index in [4.69, 9.17) is 0 Å². The summed E-state index contributed by atoms with van der Waals surface area (Å²) in [7, 11) is 0. The van der Waals surface area contributed by atoms with Gasteiger partial charge in [0.15, 0.2) is 5.78 Å². The van der Waals surface area contributed by atoms with Crippen molar-refractivity contribution in [3.8, 4) is 0 Å². The van der Waals surface area contributed by atoms with E-state index in [0.717, 1.165) is 5.56 Å². The summed E-state index contributed by atoms with van der Waals surface area (Å²) in [4.78, 5) is 23.5. The molecule has 0 radical (unpaired) electrons. The van der Waals surface area contributed by atoms with Crippen LogP contribution in [0.25, 0.3) is 0 Å². The fourth-order valence-corrected chi connectivity index (χ4v) is 2.78. The molecule has 1 aromatic carbocycles. The topological polar surface area (TPSA) is 54.4 Å². The van der Waals surface area contributed by atoms with Crippen LogP contribution in [0.15, 0.2) is 30.3 Å². The van der Waals surface area contributed by atoms with Gasteiger partial charge in [-0.05, 0) is 19.4 Å². The zero-order valence-corrected chi connectivity index (χ0v) is 10.0. The van der Waals surface area contributed by atoms with Gasteiger partial charge in [-0.15, -0.1) is 0 Å². The van der Waals surface area contributed by atoms with E-state index in [0.29, 0.717) is 0 Å². The van der Waals surface area contributed by atoms with Crippen LogP contribution in [0.1, 0.15) is 31.7 Å². The molecule has 1 saturated carbocycles. The summed E-state index contributed by atoms with van der Waals surface area (Å²) in [6.45, 7) is 2.89. The molecule has 0 saturated heterocycles. The van der Waals surface area contributed by atoms with Gasteiger partial charge in [0, 0.05) is 12.3 Å². The van der Waals surface area contributed by atoms with Crippen molar-refractivity contribution in [1.82, 2.24) is 0 Å². The molecule has 1 fully saturated rings. The number of hydrogen-bond acceptors (Lipinski definition) is 3. The van der Waals surface area contributed by atoms with Crippen LogP contribution in [0.3, 0.4) is 0 Å². The molecule has 1 aliphatic carbocycles. The molecule has 0 heterocycles. The van der Waals surface area contributed by atoms with Gasteiger partial charge in [-0.3, -0.25) is 9.59 Å². The summed E-state index contributed by atoms with van der Waals surface area (Å²) in [5, 5.41) is 10.2. The maximum Gasteiger partial charge on any atom is 0.165 e. The van der Waals surface area contributed by atoms with Gasteiger partial charge >= 0.3 is 0 Å². The second-order valence-electron chi connectivity index (χ2n) is 4.88. The van der Waals surface area contributed by atoms with Crippen LogP contribution < -0.4 is 0 Å². The second-order valence-corrected chi connectivity index (χ2v) is 4.88. The van der Waals surface area contributed by atoms with Crippen LogP contribution in [0.2, 0.25) is 0 Å². The molecule has 0 aliphatic heterocycles. The Bertz CT molecular complexity index is 448. The fraction of sp³-hybridized carbons (Fsp3) is 0.429. The average molecular weight is 232 g/mol. The molecular weight excluding hydrogens is 216 g/mol. The molecule has 0 amide bonds. The monoisotopic (exact) mass is 232 g/mol. The third-order valence-corrected chi connectivity index (χ3v) is 3.64. The lowest BCUT2D eigenvalue weighted by Crippen LogP contribution is -2.41. The first-order valence-corrected chi connectivity index (χ1v) is 5.75. The largest absolute Gasteiger partial charge is 0.382 e. The molecule has 0 unspecified atom stereocenters. The zero-order chi connectivity index (χ0) is 12.6. The van der Waals surface area contributed by atoms with E-state index in [1.54, 1.807) is 0 Å². The van der Waals surface area contributed by atoms with Crippen molar-refractivity contribution in [2.45, 2.75) is 31.8 Å². The van der Waals surface area contributed by atoms with E-state index in [1.807, 2.05) is 30.3 Å². The number of benzene rings is 1. The predicted octanol–water partition coefficient (Wildman–Crippen LogP) is 1.70. The summed E-state index contributed by atoms with van der Waals surface area (Å²) >= 11 is 0. The summed E-state index contributed by atoms with van der Waals surface area (Å²) in [5.41, 5.74) is -0.578. The molecule has 3 atom stereocenters. The number of carbonyl (C=O) groups is 2. The highest BCUT2D eigenvalue weighted by Crippen LogP contribution is 2.44. The number of rotatable bonds is 2. The maximum atomic E-state index is 11.8. The number of carbonyl (C=O) groups excluding carboxylic acids is 2. The lowest BCUT2D eigenvalue weighted by Gasteiger charge is -2.25. The van der Waals surface area contributed by atoms with Crippen LogP contribution in [-0.4, -0.2) is 22.3 Å². The molecule has 0 bridgehead atoms. The normalized spacial score (nSPS) is 32.8. The first kappa shape index (κ1) is 12.0. The Kier molecular flexibility index (Phi) is 2.87. The first-order chi connectivity index (χ1) is 7.94. The molecular formula is C14H16O3. The van der Waals surface area contributed by atoms with Crippen LogP contribution in [0.5, 0.6) is 0 Å². The van der Waals surface area contributed by atoms with E-state index in [-0.39, 0.29) is 23.9 Å². The SMILES string of the molecule is CC(=O)[C@@H]1[C@H](c2ccccc2)CC(=O)[C@]1(C)O. The van der Waals surface area contributed by atoms with Crippen LogP contribution >= 0.6 is 0 Å². The number of ketones is 2. The molecule has 3 nitrogen and oxygen atoms in total. The van der Waals surface area contributed by atoms with Gasteiger partial charge < -0.3 is 5.11 Å². The van der Waals surface area contributed by atoms with Crippen molar-refractivity contribution >= 4 is 11.6 Å². The Balaban J connectivity index is 2.42. The highest BCUT2D eigenvalue weighted by molar-refractivity contribution is 5.98. The smallest absolute Gasteiger partial charge is 0.165 e. The Hall–Kier alpha value is -1.48. The average Bonchev–Trinajstić information content (AvgIpc) is 2.51. The van der Waals surface area contributed by atoms with Crippen LogP contribution in [-0.2, 0) is 9.59 Å². The Morgan fingerprint density at radius 1 is 1.35 bits per heavy atom. The minimum atomic E-state index is -1.52. The summed E-state index contributed by atoms with van der Waals surface area (Å²) in [6, 6.07) is 9.44. The highest BCUT2D eigenvalue weighted by atomic mass is 16.3. The maximum absolute atomic E-state index is 11.8. The van der Waals surface area contributed by atoms with Gasteiger partial charge in [-0.2, -0.15) is 0 Å². The summed E-state index contributed by atoms with van der Waals surface area (Å²) in [6.07, 6.45) is 0.237. The van der Waals surface area contributed by atoms with E-state index in [9.17, 15) is 14.7 Å². The molecule has 1 aromatic rings. The quantitative estimate of drug-likeness (QED) is 0.844. The molecule has 90 valence electrons. The molecule has 0 aromatic heterocycles.